The van der Waals surface area contributed by atoms with Gasteiger partial charge in [-0.3, -0.25) is 4.57 Å². The molecule has 0 atom stereocenters. The molecule has 0 saturated carbocycles. The summed E-state index contributed by atoms with van der Waals surface area (Å²) in [6, 6.07) is 75.2. The van der Waals surface area contributed by atoms with Crippen LogP contribution in [-0.2, 0) is 0 Å². The molecular formula is C55H34N2. The Morgan fingerprint density at radius 1 is 0.281 bits per heavy atom. The van der Waals surface area contributed by atoms with E-state index in [4.69, 9.17) is 4.98 Å². The lowest BCUT2D eigenvalue weighted by molar-refractivity contribution is 1.11. The number of para-hydroxylation sites is 2. The molecule has 1 aliphatic rings. The largest absolute Gasteiger partial charge is 0.291 e. The van der Waals surface area contributed by atoms with E-state index >= 15 is 0 Å². The van der Waals surface area contributed by atoms with E-state index in [1.165, 1.54) is 82.4 Å². The average Bonchev–Trinajstić information content (AvgIpc) is 3.63. The van der Waals surface area contributed by atoms with Gasteiger partial charge in [0.05, 0.1) is 16.7 Å². The molecule has 0 fully saturated rings. The fraction of sp³-hybridized carbons (Fsp3) is 0. The lowest BCUT2D eigenvalue weighted by Crippen LogP contribution is -1.99. The summed E-state index contributed by atoms with van der Waals surface area (Å²) in [7, 11) is 0. The number of benzene rings is 10. The van der Waals surface area contributed by atoms with Crippen LogP contribution >= 0.6 is 0 Å². The molecule has 0 saturated heterocycles. The molecule has 0 aliphatic carbocycles. The first kappa shape index (κ1) is 31.8. The Balaban J connectivity index is 0.948. The monoisotopic (exact) mass is 722 g/mol. The number of aromatic nitrogens is 2. The number of fused-ring (bicyclic) bond motifs is 11. The Bertz CT molecular complexity index is 3390. The first-order chi connectivity index (χ1) is 28.3. The van der Waals surface area contributed by atoms with Crippen LogP contribution in [0.25, 0.3) is 116 Å². The van der Waals surface area contributed by atoms with Gasteiger partial charge in [-0.1, -0.05) is 170 Å². The van der Waals surface area contributed by atoms with Gasteiger partial charge in [0.25, 0.3) is 0 Å². The molecule has 2 nitrogen and oxygen atoms in total. The quantitative estimate of drug-likeness (QED) is 0.165. The van der Waals surface area contributed by atoms with Crippen molar-refractivity contribution in [2.75, 3.05) is 0 Å². The summed E-state index contributed by atoms with van der Waals surface area (Å²) in [6.45, 7) is 0. The molecule has 2 heteroatoms. The summed E-state index contributed by atoms with van der Waals surface area (Å²) in [5.74, 6) is 0.944. The van der Waals surface area contributed by atoms with Crippen LogP contribution in [0.2, 0.25) is 0 Å². The van der Waals surface area contributed by atoms with Crippen molar-refractivity contribution in [3.8, 4) is 72.7 Å². The summed E-state index contributed by atoms with van der Waals surface area (Å²) in [5.41, 5.74) is 16.4. The number of imidazole rings is 1. The van der Waals surface area contributed by atoms with Gasteiger partial charge in [0.15, 0.2) is 0 Å². The van der Waals surface area contributed by atoms with Gasteiger partial charge in [-0.2, -0.15) is 0 Å². The van der Waals surface area contributed by atoms with Crippen molar-refractivity contribution in [1.29, 1.82) is 0 Å². The molecule has 10 aromatic carbocycles. The van der Waals surface area contributed by atoms with Gasteiger partial charge in [0, 0.05) is 16.7 Å². The van der Waals surface area contributed by atoms with Crippen LogP contribution in [0.4, 0.5) is 0 Å². The van der Waals surface area contributed by atoms with Gasteiger partial charge in [-0.05, 0) is 113 Å². The predicted molar refractivity (Wildman–Crippen MR) is 240 cm³/mol. The maximum Gasteiger partial charge on any atom is 0.145 e. The molecule has 1 aliphatic heterocycles. The number of hydrogen-bond acceptors (Lipinski definition) is 1. The lowest BCUT2D eigenvalue weighted by atomic mass is 9.91. The Labute approximate surface area is 330 Å². The molecule has 0 amide bonds. The molecule has 57 heavy (non-hydrogen) atoms. The van der Waals surface area contributed by atoms with Crippen LogP contribution in [0.15, 0.2) is 206 Å². The van der Waals surface area contributed by atoms with Gasteiger partial charge < -0.3 is 0 Å². The molecule has 0 N–H and O–H groups in total. The van der Waals surface area contributed by atoms with E-state index in [9.17, 15) is 0 Å². The van der Waals surface area contributed by atoms with Gasteiger partial charge in [0.2, 0.25) is 0 Å². The second kappa shape index (κ2) is 12.5. The van der Waals surface area contributed by atoms with E-state index in [1.54, 1.807) is 0 Å². The van der Waals surface area contributed by atoms with Crippen LogP contribution in [0, 0.1) is 0 Å². The smallest absolute Gasteiger partial charge is 0.145 e. The van der Waals surface area contributed by atoms with E-state index in [2.05, 4.69) is 211 Å². The number of hydrogen-bond donors (Lipinski definition) is 0. The highest BCUT2D eigenvalue weighted by molar-refractivity contribution is 6.25. The summed E-state index contributed by atoms with van der Waals surface area (Å²) in [4.78, 5) is 5.32. The molecule has 11 aromatic rings. The molecule has 0 spiro atoms. The molecular weight excluding hydrogens is 689 g/mol. The van der Waals surface area contributed by atoms with Crippen molar-refractivity contribution < 1.29 is 0 Å². The normalized spacial score (nSPS) is 11.9. The van der Waals surface area contributed by atoms with Crippen molar-refractivity contribution >= 4 is 43.4 Å². The van der Waals surface area contributed by atoms with Crippen LogP contribution in [0.5, 0.6) is 0 Å². The van der Waals surface area contributed by atoms with Crippen LogP contribution in [0.3, 0.4) is 0 Å². The van der Waals surface area contributed by atoms with Gasteiger partial charge in [-0.15, -0.1) is 0 Å². The zero-order valence-corrected chi connectivity index (χ0v) is 31.0. The van der Waals surface area contributed by atoms with E-state index in [1.807, 2.05) is 0 Å². The number of rotatable bonds is 4. The fourth-order valence-corrected chi connectivity index (χ4v) is 9.30. The topological polar surface area (TPSA) is 17.8 Å². The Kier molecular flexibility index (Phi) is 6.96. The third kappa shape index (κ3) is 4.94. The van der Waals surface area contributed by atoms with E-state index in [0.29, 0.717) is 0 Å². The van der Waals surface area contributed by atoms with Crippen LogP contribution in [-0.4, -0.2) is 9.55 Å². The second-order valence-corrected chi connectivity index (χ2v) is 15.1. The van der Waals surface area contributed by atoms with Crippen molar-refractivity contribution in [2.45, 2.75) is 0 Å². The van der Waals surface area contributed by atoms with Gasteiger partial charge >= 0.3 is 0 Å². The molecule has 1 aromatic heterocycles. The Hall–Kier alpha value is -7.55. The summed E-state index contributed by atoms with van der Waals surface area (Å²) in [6.07, 6.45) is 0. The van der Waals surface area contributed by atoms with Crippen molar-refractivity contribution in [1.82, 2.24) is 9.55 Å². The average molecular weight is 723 g/mol. The second-order valence-electron chi connectivity index (χ2n) is 15.1. The Morgan fingerprint density at radius 2 is 0.702 bits per heavy atom. The SMILES string of the molecule is c1cc(-c2cccc(-c3ccc4c5ccccc5c5ccccc5c4c3)c2)cc(-c2cccc(-c3nc4cccc5c4n3-c3ccccc3-c3ccccc3-5)c2)c1. The van der Waals surface area contributed by atoms with Crippen molar-refractivity contribution in [3.05, 3.63) is 206 Å². The molecule has 12 rings (SSSR count). The van der Waals surface area contributed by atoms with Crippen LogP contribution in [0.1, 0.15) is 0 Å². The predicted octanol–water partition coefficient (Wildman–Crippen LogP) is 14.8. The van der Waals surface area contributed by atoms with E-state index < -0.39 is 0 Å². The molecule has 0 unspecified atom stereocenters. The Morgan fingerprint density at radius 3 is 1.32 bits per heavy atom. The van der Waals surface area contributed by atoms with Crippen molar-refractivity contribution in [3.63, 3.8) is 0 Å². The van der Waals surface area contributed by atoms with E-state index in [0.717, 1.165) is 33.7 Å². The maximum atomic E-state index is 5.32. The standard InChI is InChI=1S/C55H34N2/c1-2-21-44-42(19-1)43-20-3-6-24-47(43)51-34-40(29-30-48(44)51)38-16-10-14-36(32-38)35-13-9-15-37(31-35)39-17-11-18-41(33-39)55-56-52-27-12-26-50-46-23-5-4-22-45(46)49-25-7-8-28-53(49)57(55)54(50)52/h1-34H. The first-order valence-electron chi connectivity index (χ1n) is 19.6. The molecule has 264 valence electrons. The third-order valence-corrected chi connectivity index (χ3v) is 11.9. The third-order valence-electron chi connectivity index (χ3n) is 11.9. The summed E-state index contributed by atoms with van der Waals surface area (Å²) < 4.78 is 2.37. The highest BCUT2D eigenvalue weighted by atomic mass is 15.1. The zero-order valence-electron chi connectivity index (χ0n) is 31.0. The first-order valence-corrected chi connectivity index (χ1v) is 19.6. The summed E-state index contributed by atoms with van der Waals surface area (Å²) in [5, 5.41) is 7.75. The molecule has 2 heterocycles. The highest BCUT2D eigenvalue weighted by Gasteiger charge is 2.25. The van der Waals surface area contributed by atoms with E-state index in [-0.39, 0.29) is 0 Å². The minimum atomic E-state index is 0.944. The zero-order chi connectivity index (χ0) is 37.5. The van der Waals surface area contributed by atoms with Gasteiger partial charge in [0.1, 0.15) is 5.82 Å². The fourth-order valence-electron chi connectivity index (χ4n) is 9.30. The maximum absolute atomic E-state index is 5.32. The minimum Gasteiger partial charge on any atom is -0.291 e. The van der Waals surface area contributed by atoms with Gasteiger partial charge in [-0.25, -0.2) is 4.98 Å². The van der Waals surface area contributed by atoms with Crippen LogP contribution < -0.4 is 0 Å². The number of nitrogens with zero attached hydrogens (tertiary/aromatic N) is 2. The van der Waals surface area contributed by atoms with Crippen molar-refractivity contribution in [2.24, 2.45) is 0 Å². The minimum absolute atomic E-state index is 0.944. The molecule has 0 radical (unpaired) electrons. The highest BCUT2D eigenvalue weighted by Crippen LogP contribution is 2.45. The summed E-state index contributed by atoms with van der Waals surface area (Å²) >= 11 is 0. The lowest BCUT2D eigenvalue weighted by Gasteiger charge is -2.14. The molecule has 0 bridgehead atoms.